The van der Waals surface area contributed by atoms with Crippen molar-refractivity contribution in [3.05, 3.63) is 0 Å². The molecule has 0 amide bonds. The predicted molar refractivity (Wildman–Crippen MR) is 76.9 cm³/mol. The maximum absolute atomic E-state index is 6.11. The SMILES string of the molecule is CCC1CCCCC1OCCCCCNC1CC1. The Labute approximate surface area is 113 Å². The fourth-order valence-electron chi connectivity index (χ4n) is 3.09. The molecule has 2 atom stereocenters. The lowest BCUT2D eigenvalue weighted by atomic mass is 9.85. The van der Waals surface area contributed by atoms with E-state index in [1.54, 1.807) is 0 Å². The summed E-state index contributed by atoms with van der Waals surface area (Å²) >= 11 is 0. The van der Waals surface area contributed by atoms with Gasteiger partial charge in [-0.05, 0) is 57.4 Å². The van der Waals surface area contributed by atoms with E-state index in [0.29, 0.717) is 6.10 Å². The Morgan fingerprint density at radius 1 is 1.00 bits per heavy atom. The quantitative estimate of drug-likeness (QED) is 0.629. The van der Waals surface area contributed by atoms with E-state index >= 15 is 0 Å². The Morgan fingerprint density at radius 3 is 2.61 bits per heavy atom. The van der Waals surface area contributed by atoms with Crippen LogP contribution in [0.3, 0.4) is 0 Å². The van der Waals surface area contributed by atoms with Gasteiger partial charge in [0, 0.05) is 12.6 Å². The third kappa shape index (κ3) is 5.27. The molecule has 0 aromatic rings. The summed E-state index contributed by atoms with van der Waals surface area (Å²) in [6.07, 6.45) is 14.1. The molecule has 2 nitrogen and oxygen atoms in total. The van der Waals surface area contributed by atoms with Crippen LogP contribution in [0.4, 0.5) is 0 Å². The molecule has 0 bridgehead atoms. The third-order valence-corrected chi connectivity index (χ3v) is 4.53. The number of hydrogen-bond donors (Lipinski definition) is 1. The van der Waals surface area contributed by atoms with Gasteiger partial charge in [0.1, 0.15) is 0 Å². The molecule has 2 rings (SSSR count). The van der Waals surface area contributed by atoms with Crippen molar-refractivity contribution < 1.29 is 4.74 Å². The highest BCUT2D eigenvalue weighted by molar-refractivity contribution is 4.80. The molecule has 2 fully saturated rings. The summed E-state index contributed by atoms with van der Waals surface area (Å²) in [6.45, 7) is 4.52. The van der Waals surface area contributed by atoms with Gasteiger partial charge in [-0.3, -0.25) is 0 Å². The second-order valence-electron chi connectivity index (χ2n) is 6.15. The molecule has 106 valence electrons. The number of hydrogen-bond acceptors (Lipinski definition) is 2. The van der Waals surface area contributed by atoms with Crippen LogP contribution in [0.25, 0.3) is 0 Å². The summed E-state index contributed by atoms with van der Waals surface area (Å²) in [5.41, 5.74) is 0. The van der Waals surface area contributed by atoms with Crippen LogP contribution < -0.4 is 5.32 Å². The minimum Gasteiger partial charge on any atom is -0.378 e. The Morgan fingerprint density at radius 2 is 1.83 bits per heavy atom. The first-order chi connectivity index (χ1) is 8.90. The molecule has 0 aromatic heterocycles. The van der Waals surface area contributed by atoms with Gasteiger partial charge in [0.05, 0.1) is 6.10 Å². The zero-order chi connectivity index (χ0) is 12.6. The van der Waals surface area contributed by atoms with Gasteiger partial charge in [-0.15, -0.1) is 0 Å². The van der Waals surface area contributed by atoms with Crippen LogP contribution in [0.5, 0.6) is 0 Å². The minimum absolute atomic E-state index is 0.577. The molecule has 0 aliphatic heterocycles. The molecule has 0 heterocycles. The molecule has 18 heavy (non-hydrogen) atoms. The molecule has 0 saturated heterocycles. The first-order valence-electron chi connectivity index (χ1n) is 8.25. The summed E-state index contributed by atoms with van der Waals surface area (Å²) in [7, 11) is 0. The minimum atomic E-state index is 0.577. The van der Waals surface area contributed by atoms with E-state index in [1.165, 1.54) is 70.8 Å². The highest BCUT2D eigenvalue weighted by atomic mass is 16.5. The van der Waals surface area contributed by atoms with Crippen LogP contribution >= 0.6 is 0 Å². The fourth-order valence-corrected chi connectivity index (χ4v) is 3.09. The second-order valence-corrected chi connectivity index (χ2v) is 6.15. The van der Waals surface area contributed by atoms with Crippen molar-refractivity contribution in [3.63, 3.8) is 0 Å². The molecular formula is C16H31NO. The fraction of sp³-hybridized carbons (Fsp3) is 1.00. The summed E-state index contributed by atoms with van der Waals surface area (Å²) < 4.78 is 6.11. The number of unbranched alkanes of at least 4 members (excludes halogenated alkanes) is 2. The van der Waals surface area contributed by atoms with Gasteiger partial charge < -0.3 is 10.1 Å². The van der Waals surface area contributed by atoms with Crippen molar-refractivity contribution in [2.75, 3.05) is 13.2 Å². The van der Waals surface area contributed by atoms with Crippen LogP contribution in [-0.2, 0) is 4.74 Å². The highest BCUT2D eigenvalue weighted by Crippen LogP contribution is 2.29. The van der Waals surface area contributed by atoms with E-state index in [0.717, 1.165) is 18.6 Å². The van der Waals surface area contributed by atoms with E-state index in [9.17, 15) is 0 Å². The smallest absolute Gasteiger partial charge is 0.0603 e. The van der Waals surface area contributed by atoms with Gasteiger partial charge in [0.25, 0.3) is 0 Å². The van der Waals surface area contributed by atoms with Gasteiger partial charge in [-0.2, -0.15) is 0 Å². The average molecular weight is 253 g/mol. The van der Waals surface area contributed by atoms with Crippen molar-refractivity contribution in [1.82, 2.24) is 5.32 Å². The molecule has 0 spiro atoms. The van der Waals surface area contributed by atoms with E-state index < -0.39 is 0 Å². The number of ether oxygens (including phenoxy) is 1. The van der Waals surface area contributed by atoms with E-state index in [4.69, 9.17) is 4.74 Å². The van der Waals surface area contributed by atoms with Crippen molar-refractivity contribution in [3.8, 4) is 0 Å². The average Bonchev–Trinajstić information content (AvgIpc) is 3.22. The zero-order valence-electron chi connectivity index (χ0n) is 12.1. The molecule has 2 aliphatic carbocycles. The monoisotopic (exact) mass is 253 g/mol. The lowest BCUT2D eigenvalue weighted by molar-refractivity contribution is -0.0134. The Balaban J connectivity index is 1.43. The van der Waals surface area contributed by atoms with Crippen molar-refractivity contribution in [2.24, 2.45) is 5.92 Å². The lowest BCUT2D eigenvalue weighted by Gasteiger charge is -2.30. The Kier molecular flexibility index (Phi) is 6.50. The molecule has 2 aliphatic rings. The summed E-state index contributed by atoms with van der Waals surface area (Å²) in [6, 6.07) is 0.869. The molecular weight excluding hydrogens is 222 g/mol. The molecule has 0 radical (unpaired) electrons. The molecule has 2 unspecified atom stereocenters. The summed E-state index contributed by atoms with van der Waals surface area (Å²) in [4.78, 5) is 0. The molecule has 1 N–H and O–H groups in total. The number of rotatable bonds is 9. The van der Waals surface area contributed by atoms with Crippen LogP contribution in [-0.4, -0.2) is 25.3 Å². The summed E-state index contributed by atoms with van der Waals surface area (Å²) in [5.74, 6) is 0.843. The van der Waals surface area contributed by atoms with Gasteiger partial charge >= 0.3 is 0 Å². The zero-order valence-corrected chi connectivity index (χ0v) is 12.1. The predicted octanol–water partition coefficient (Wildman–Crippen LogP) is 3.89. The van der Waals surface area contributed by atoms with Crippen molar-refractivity contribution >= 4 is 0 Å². The van der Waals surface area contributed by atoms with Crippen LogP contribution in [0.1, 0.15) is 71.1 Å². The first-order valence-corrected chi connectivity index (χ1v) is 8.25. The van der Waals surface area contributed by atoms with Crippen LogP contribution in [0, 0.1) is 5.92 Å². The highest BCUT2D eigenvalue weighted by Gasteiger charge is 2.23. The van der Waals surface area contributed by atoms with Gasteiger partial charge in [-0.25, -0.2) is 0 Å². The van der Waals surface area contributed by atoms with Crippen LogP contribution in [0.2, 0.25) is 0 Å². The topological polar surface area (TPSA) is 21.3 Å². The van der Waals surface area contributed by atoms with E-state index in [2.05, 4.69) is 12.2 Å². The second kappa shape index (κ2) is 8.16. The van der Waals surface area contributed by atoms with Gasteiger partial charge in [0.2, 0.25) is 0 Å². The maximum atomic E-state index is 6.11. The van der Waals surface area contributed by atoms with Gasteiger partial charge in [0.15, 0.2) is 0 Å². The normalized spacial score (nSPS) is 28.5. The van der Waals surface area contributed by atoms with E-state index in [-0.39, 0.29) is 0 Å². The largest absolute Gasteiger partial charge is 0.378 e. The van der Waals surface area contributed by atoms with Gasteiger partial charge in [-0.1, -0.05) is 26.2 Å². The van der Waals surface area contributed by atoms with E-state index in [1.807, 2.05) is 0 Å². The molecule has 2 saturated carbocycles. The molecule has 2 heteroatoms. The summed E-state index contributed by atoms with van der Waals surface area (Å²) in [5, 5.41) is 3.57. The standard InChI is InChI=1S/C16H31NO/c1-2-14-8-4-5-9-16(14)18-13-7-3-6-12-17-15-10-11-15/h14-17H,2-13H2,1H3. The Bertz CT molecular complexity index is 215. The lowest BCUT2D eigenvalue weighted by Crippen LogP contribution is -2.27. The van der Waals surface area contributed by atoms with Crippen molar-refractivity contribution in [2.45, 2.75) is 83.3 Å². The van der Waals surface area contributed by atoms with Crippen molar-refractivity contribution in [1.29, 1.82) is 0 Å². The number of nitrogens with one attached hydrogen (secondary N) is 1. The maximum Gasteiger partial charge on any atom is 0.0603 e. The van der Waals surface area contributed by atoms with Crippen LogP contribution in [0.15, 0.2) is 0 Å². The first kappa shape index (κ1) is 14.3. The molecule has 0 aromatic carbocycles. The Hall–Kier alpha value is -0.0800. The third-order valence-electron chi connectivity index (χ3n) is 4.53.